The number of hydrogen-bond acceptors (Lipinski definition) is 4. The first-order chi connectivity index (χ1) is 11.2. The molecule has 0 radical (unpaired) electrons. The smallest absolute Gasteiger partial charge is 0.316 e. The van der Waals surface area contributed by atoms with Gasteiger partial charge in [-0.3, -0.25) is 9.59 Å². The molecule has 0 aliphatic heterocycles. The van der Waals surface area contributed by atoms with Gasteiger partial charge in [0.2, 0.25) is 0 Å². The Morgan fingerprint density at radius 3 is 2.57 bits per heavy atom. The van der Waals surface area contributed by atoms with E-state index in [-0.39, 0.29) is 22.4 Å². The van der Waals surface area contributed by atoms with E-state index in [9.17, 15) is 9.59 Å². The Bertz CT molecular complexity index is 563. The molecular weight excluding hydrogens is 308 g/mol. The predicted molar refractivity (Wildman–Crippen MR) is 91.4 cm³/mol. The van der Waals surface area contributed by atoms with Gasteiger partial charge in [0.25, 0.3) is 0 Å². The lowest BCUT2D eigenvalue weighted by atomic mass is 9.72. The summed E-state index contributed by atoms with van der Waals surface area (Å²) in [6.45, 7) is 2.13. The summed E-state index contributed by atoms with van der Waals surface area (Å²) in [6, 6.07) is 10.1. The highest BCUT2D eigenvalue weighted by molar-refractivity contribution is 8.00. The van der Waals surface area contributed by atoms with Gasteiger partial charge in [0, 0.05) is 4.90 Å². The fourth-order valence-electron chi connectivity index (χ4n) is 4.08. The van der Waals surface area contributed by atoms with Crippen molar-refractivity contribution < 1.29 is 14.3 Å². The van der Waals surface area contributed by atoms with Crippen LogP contribution < -0.4 is 0 Å². The minimum absolute atomic E-state index is 0.0206. The molecule has 0 saturated heterocycles. The Balaban J connectivity index is 1.86. The zero-order valence-corrected chi connectivity index (χ0v) is 14.4. The molecule has 3 nitrogen and oxygen atoms in total. The van der Waals surface area contributed by atoms with Crippen molar-refractivity contribution >= 4 is 23.5 Å². The summed E-state index contributed by atoms with van der Waals surface area (Å²) in [5.41, 5.74) is -0.0206. The molecule has 0 amide bonds. The van der Waals surface area contributed by atoms with Crippen LogP contribution in [0, 0.1) is 11.3 Å². The number of esters is 1. The van der Waals surface area contributed by atoms with E-state index in [1.54, 1.807) is 18.7 Å². The summed E-state index contributed by atoms with van der Waals surface area (Å²) in [6.07, 6.45) is 6.35. The van der Waals surface area contributed by atoms with Gasteiger partial charge in [-0.2, -0.15) is 0 Å². The van der Waals surface area contributed by atoms with E-state index in [0.717, 1.165) is 30.6 Å². The van der Waals surface area contributed by atoms with Crippen LogP contribution in [0.1, 0.15) is 45.4 Å². The lowest BCUT2D eigenvalue weighted by Gasteiger charge is -2.37. The maximum atomic E-state index is 13.0. The van der Waals surface area contributed by atoms with Gasteiger partial charge < -0.3 is 4.74 Å². The van der Waals surface area contributed by atoms with Crippen molar-refractivity contribution in [3.8, 4) is 0 Å². The molecule has 2 aliphatic rings. The summed E-state index contributed by atoms with van der Waals surface area (Å²) in [7, 11) is 0. The Kier molecular flexibility index (Phi) is 5.10. The maximum Gasteiger partial charge on any atom is 0.316 e. The lowest BCUT2D eigenvalue weighted by molar-refractivity contribution is -0.150. The predicted octanol–water partition coefficient (Wildman–Crippen LogP) is 4.25. The van der Waals surface area contributed by atoms with Crippen LogP contribution in [0.5, 0.6) is 0 Å². The van der Waals surface area contributed by atoms with E-state index in [0.29, 0.717) is 13.0 Å². The largest absolute Gasteiger partial charge is 0.465 e. The van der Waals surface area contributed by atoms with Gasteiger partial charge in [-0.05, 0) is 43.7 Å². The number of thioether (sulfide) groups is 1. The highest BCUT2D eigenvalue weighted by Gasteiger charge is 2.56. The molecule has 0 heterocycles. The molecule has 2 unspecified atom stereocenters. The Morgan fingerprint density at radius 2 is 1.91 bits per heavy atom. The third kappa shape index (κ3) is 3.32. The fourth-order valence-corrected chi connectivity index (χ4v) is 5.53. The van der Waals surface area contributed by atoms with E-state index < -0.39 is 5.92 Å². The molecular formula is C19H24O3S. The second-order valence-electron chi connectivity index (χ2n) is 6.65. The fraction of sp³-hybridized carbons (Fsp3) is 0.579. The average molecular weight is 332 g/mol. The molecule has 0 aromatic heterocycles. The number of hydrogen-bond donors (Lipinski definition) is 0. The molecule has 2 aliphatic carbocycles. The number of rotatable bonds is 4. The van der Waals surface area contributed by atoms with Crippen LogP contribution >= 0.6 is 11.8 Å². The molecule has 4 heteroatoms. The van der Waals surface area contributed by atoms with Gasteiger partial charge in [-0.25, -0.2) is 0 Å². The molecule has 1 aromatic carbocycles. The molecule has 0 bridgehead atoms. The first-order valence-corrected chi connectivity index (χ1v) is 9.46. The minimum atomic E-state index is -0.561. The molecule has 0 N–H and O–H groups in total. The minimum Gasteiger partial charge on any atom is -0.465 e. The van der Waals surface area contributed by atoms with Crippen molar-refractivity contribution in [2.45, 2.75) is 55.6 Å². The van der Waals surface area contributed by atoms with Crippen molar-refractivity contribution in [3.63, 3.8) is 0 Å². The highest BCUT2D eigenvalue weighted by Crippen LogP contribution is 2.55. The lowest BCUT2D eigenvalue weighted by Crippen LogP contribution is -2.33. The van der Waals surface area contributed by atoms with E-state index in [4.69, 9.17) is 4.74 Å². The van der Waals surface area contributed by atoms with Crippen LogP contribution in [0.25, 0.3) is 0 Å². The number of benzene rings is 1. The Labute approximate surface area is 142 Å². The molecule has 1 aromatic rings. The first-order valence-electron chi connectivity index (χ1n) is 8.58. The first kappa shape index (κ1) is 16.6. The second-order valence-corrected chi connectivity index (χ2v) is 7.82. The summed E-state index contributed by atoms with van der Waals surface area (Å²) in [5.74, 6) is -0.799. The average Bonchev–Trinajstić information content (AvgIpc) is 2.83. The molecule has 2 saturated carbocycles. The van der Waals surface area contributed by atoms with Crippen molar-refractivity contribution in [2.75, 3.05) is 6.61 Å². The number of ether oxygens (including phenoxy) is 1. The SMILES string of the molecule is CCOC(=O)C1CC2(CCCCC2)C(Sc2ccccc2)C1=O. The topological polar surface area (TPSA) is 43.4 Å². The Morgan fingerprint density at radius 1 is 1.22 bits per heavy atom. The normalized spacial score (nSPS) is 26.4. The Hall–Kier alpha value is -1.29. The highest BCUT2D eigenvalue weighted by atomic mass is 32.2. The number of Topliss-reactive ketones (excluding diaryl/α,β-unsaturated/α-hetero) is 1. The quantitative estimate of drug-likeness (QED) is 0.611. The molecule has 3 rings (SSSR count). The van der Waals surface area contributed by atoms with E-state index in [1.807, 2.05) is 30.3 Å². The van der Waals surface area contributed by atoms with Gasteiger partial charge in [0.1, 0.15) is 5.92 Å². The third-order valence-corrected chi connectivity index (χ3v) is 6.70. The van der Waals surface area contributed by atoms with Crippen molar-refractivity contribution in [1.82, 2.24) is 0 Å². The summed E-state index contributed by atoms with van der Waals surface area (Å²) < 4.78 is 5.16. The molecule has 2 fully saturated rings. The third-order valence-electron chi connectivity index (χ3n) is 5.19. The standard InChI is InChI=1S/C19H24O3S/c1-2-22-18(21)15-13-19(11-7-4-8-12-19)17(16(15)20)23-14-9-5-3-6-10-14/h3,5-6,9-10,15,17H,2,4,7-8,11-13H2,1H3. The molecule has 23 heavy (non-hydrogen) atoms. The number of ketones is 1. The summed E-state index contributed by atoms with van der Waals surface area (Å²) >= 11 is 1.65. The van der Waals surface area contributed by atoms with Crippen LogP contribution in [0.4, 0.5) is 0 Å². The van der Waals surface area contributed by atoms with Crippen molar-refractivity contribution in [2.24, 2.45) is 11.3 Å². The van der Waals surface area contributed by atoms with Crippen LogP contribution in [0.2, 0.25) is 0 Å². The van der Waals surface area contributed by atoms with Crippen LogP contribution in [0.3, 0.4) is 0 Å². The van der Waals surface area contributed by atoms with Crippen molar-refractivity contribution in [1.29, 1.82) is 0 Å². The monoisotopic (exact) mass is 332 g/mol. The molecule has 2 atom stereocenters. The van der Waals surface area contributed by atoms with Crippen LogP contribution in [-0.4, -0.2) is 23.6 Å². The van der Waals surface area contributed by atoms with E-state index >= 15 is 0 Å². The number of carbonyl (C=O) groups is 2. The van der Waals surface area contributed by atoms with E-state index in [1.165, 1.54) is 6.42 Å². The van der Waals surface area contributed by atoms with E-state index in [2.05, 4.69) is 0 Å². The van der Waals surface area contributed by atoms with Gasteiger partial charge in [-0.1, -0.05) is 37.5 Å². The van der Waals surface area contributed by atoms with Gasteiger partial charge in [0.15, 0.2) is 5.78 Å². The number of carbonyl (C=O) groups excluding carboxylic acids is 2. The van der Waals surface area contributed by atoms with Gasteiger partial charge >= 0.3 is 5.97 Å². The van der Waals surface area contributed by atoms with Gasteiger partial charge in [0.05, 0.1) is 11.9 Å². The molecule has 124 valence electrons. The second kappa shape index (κ2) is 7.08. The molecule has 1 spiro atoms. The van der Waals surface area contributed by atoms with Crippen molar-refractivity contribution in [3.05, 3.63) is 30.3 Å². The summed E-state index contributed by atoms with van der Waals surface area (Å²) in [5, 5.41) is -0.111. The summed E-state index contributed by atoms with van der Waals surface area (Å²) in [4.78, 5) is 26.3. The van der Waals surface area contributed by atoms with Crippen LogP contribution in [-0.2, 0) is 14.3 Å². The zero-order chi connectivity index (χ0) is 16.3. The van der Waals surface area contributed by atoms with Gasteiger partial charge in [-0.15, -0.1) is 11.8 Å². The zero-order valence-electron chi connectivity index (χ0n) is 13.6. The maximum absolute atomic E-state index is 13.0. The van der Waals surface area contributed by atoms with Crippen LogP contribution in [0.15, 0.2) is 35.2 Å².